The Kier molecular flexibility index (Phi) is 9.84. The van der Waals surface area contributed by atoms with Crippen LogP contribution in [0.25, 0.3) is 0 Å². The zero-order chi connectivity index (χ0) is 25.5. The topological polar surface area (TPSA) is 35.5 Å². The third-order valence-electron chi connectivity index (χ3n) is 9.30. The summed E-state index contributed by atoms with van der Waals surface area (Å²) in [5.74, 6) is 0.666. The molecule has 0 aromatic heterocycles. The Bertz CT molecular complexity index is 854. The molecule has 3 fully saturated rings. The van der Waals surface area contributed by atoms with Gasteiger partial charge in [0.1, 0.15) is 12.4 Å². The van der Waals surface area contributed by atoms with Crippen molar-refractivity contribution in [2.24, 2.45) is 35.5 Å². The van der Waals surface area contributed by atoms with E-state index in [1.165, 1.54) is 76.7 Å². The average Bonchev–Trinajstić information content (AvgIpc) is 2.88. The SMILES string of the molecule is C=CCOc1c(F)cc(OC(=O)C2CCCC3CC(C4CCC(CCCCC)CC4)CCC32)cc1F. The van der Waals surface area contributed by atoms with Crippen LogP contribution < -0.4 is 9.47 Å². The molecule has 0 amide bonds. The number of hydrogen-bond acceptors (Lipinski definition) is 3. The molecule has 1 aromatic carbocycles. The highest BCUT2D eigenvalue weighted by Gasteiger charge is 2.43. The molecule has 5 heteroatoms. The van der Waals surface area contributed by atoms with Crippen molar-refractivity contribution in [2.75, 3.05) is 6.61 Å². The third-order valence-corrected chi connectivity index (χ3v) is 9.30. The summed E-state index contributed by atoms with van der Waals surface area (Å²) >= 11 is 0. The van der Waals surface area contributed by atoms with Crippen molar-refractivity contribution in [3.05, 3.63) is 36.4 Å². The molecule has 3 aliphatic rings. The summed E-state index contributed by atoms with van der Waals surface area (Å²) in [6.45, 7) is 5.76. The van der Waals surface area contributed by atoms with E-state index < -0.39 is 17.4 Å². The number of ether oxygens (including phenoxy) is 2. The largest absolute Gasteiger partial charge is 0.483 e. The number of unbranched alkanes of at least 4 members (excludes halogenated alkanes) is 2. The summed E-state index contributed by atoms with van der Waals surface area (Å²) in [6, 6.07) is 2.07. The van der Waals surface area contributed by atoms with Crippen LogP contribution in [0.5, 0.6) is 11.5 Å². The number of fused-ring (bicyclic) bond motifs is 1. The molecule has 3 nitrogen and oxygen atoms in total. The van der Waals surface area contributed by atoms with Gasteiger partial charge in [0, 0.05) is 12.1 Å². The standard InChI is InChI=1S/C31H44F2O3/c1-3-5-6-8-21-11-13-22(14-12-21)23-15-16-26-24(18-23)9-7-10-27(26)31(34)36-25-19-28(32)30(29(33)20-25)35-17-4-2/h4,19-24,26-27H,2-3,5-18H2,1H3. The number of benzene rings is 1. The fourth-order valence-corrected chi connectivity index (χ4v) is 7.42. The van der Waals surface area contributed by atoms with Crippen molar-refractivity contribution in [3.63, 3.8) is 0 Å². The monoisotopic (exact) mass is 502 g/mol. The Labute approximate surface area is 216 Å². The molecule has 0 spiro atoms. The molecule has 3 aliphatic carbocycles. The number of hydrogen-bond donors (Lipinski definition) is 0. The molecular weight excluding hydrogens is 458 g/mol. The van der Waals surface area contributed by atoms with Crippen molar-refractivity contribution in [1.82, 2.24) is 0 Å². The highest BCUT2D eigenvalue weighted by atomic mass is 19.1. The van der Waals surface area contributed by atoms with Crippen LogP contribution in [-0.2, 0) is 4.79 Å². The number of rotatable bonds is 10. The number of esters is 1. The fourth-order valence-electron chi connectivity index (χ4n) is 7.42. The normalized spacial score (nSPS) is 30.3. The fraction of sp³-hybridized carbons (Fsp3) is 0.710. The predicted octanol–water partition coefficient (Wildman–Crippen LogP) is 8.65. The Morgan fingerprint density at radius 3 is 2.39 bits per heavy atom. The van der Waals surface area contributed by atoms with E-state index in [1.54, 1.807) is 0 Å². The van der Waals surface area contributed by atoms with Gasteiger partial charge in [-0.15, -0.1) is 0 Å². The Morgan fingerprint density at radius 1 is 0.972 bits per heavy atom. The van der Waals surface area contributed by atoms with E-state index in [9.17, 15) is 13.6 Å². The second-order valence-corrected chi connectivity index (χ2v) is 11.5. The van der Waals surface area contributed by atoms with Gasteiger partial charge in [-0.1, -0.05) is 70.9 Å². The van der Waals surface area contributed by atoms with E-state index in [1.807, 2.05) is 0 Å². The second-order valence-electron chi connectivity index (χ2n) is 11.5. The highest BCUT2D eigenvalue weighted by Crippen LogP contribution is 2.50. The second kappa shape index (κ2) is 13.1. The summed E-state index contributed by atoms with van der Waals surface area (Å²) in [5, 5.41) is 0. The van der Waals surface area contributed by atoms with Crippen LogP contribution in [0.1, 0.15) is 96.8 Å². The molecule has 0 bridgehead atoms. The van der Waals surface area contributed by atoms with Crippen LogP contribution >= 0.6 is 0 Å². The molecule has 1 aromatic rings. The van der Waals surface area contributed by atoms with Gasteiger partial charge in [0.15, 0.2) is 17.4 Å². The van der Waals surface area contributed by atoms with Crippen LogP contribution in [0.15, 0.2) is 24.8 Å². The molecule has 0 radical (unpaired) electrons. The first-order valence-electron chi connectivity index (χ1n) is 14.4. The van der Waals surface area contributed by atoms with Crippen molar-refractivity contribution in [1.29, 1.82) is 0 Å². The molecule has 3 saturated carbocycles. The van der Waals surface area contributed by atoms with E-state index in [0.717, 1.165) is 49.1 Å². The Hall–Kier alpha value is -1.91. The predicted molar refractivity (Wildman–Crippen MR) is 139 cm³/mol. The van der Waals surface area contributed by atoms with Gasteiger partial charge in [-0.3, -0.25) is 4.79 Å². The van der Waals surface area contributed by atoms with Crippen LogP contribution in [0.2, 0.25) is 0 Å². The minimum Gasteiger partial charge on any atom is -0.483 e. The number of carbonyl (C=O) groups is 1. The molecule has 0 N–H and O–H groups in total. The molecule has 4 atom stereocenters. The molecule has 36 heavy (non-hydrogen) atoms. The van der Waals surface area contributed by atoms with Crippen LogP contribution in [0.3, 0.4) is 0 Å². The minimum atomic E-state index is -0.873. The van der Waals surface area contributed by atoms with Gasteiger partial charge < -0.3 is 9.47 Å². The van der Waals surface area contributed by atoms with E-state index in [4.69, 9.17) is 9.47 Å². The van der Waals surface area contributed by atoms with Gasteiger partial charge in [0.2, 0.25) is 0 Å². The van der Waals surface area contributed by atoms with Crippen molar-refractivity contribution >= 4 is 5.97 Å². The molecular formula is C31H44F2O3. The summed E-state index contributed by atoms with van der Waals surface area (Å²) in [4.78, 5) is 13.1. The van der Waals surface area contributed by atoms with Crippen LogP contribution in [-0.4, -0.2) is 12.6 Å². The molecule has 0 heterocycles. The first kappa shape index (κ1) is 27.1. The summed E-state index contributed by atoms with van der Waals surface area (Å²) in [7, 11) is 0. The maximum atomic E-state index is 14.3. The summed E-state index contributed by atoms with van der Waals surface area (Å²) in [6.07, 6.45) is 19.0. The molecule has 200 valence electrons. The van der Waals surface area contributed by atoms with E-state index in [0.29, 0.717) is 11.8 Å². The third kappa shape index (κ3) is 6.69. The van der Waals surface area contributed by atoms with Crippen molar-refractivity contribution in [2.45, 2.75) is 96.8 Å². The molecule has 0 saturated heterocycles. The molecule has 4 unspecified atom stereocenters. The van der Waals surface area contributed by atoms with E-state index >= 15 is 0 Å². The smallest absolute Gasteiger partial charge is 0.314 e. The lowest BCUT2D eigenvalue weighted by Crippen LogP contribution is -2.40. The lowest BCUT2D eigenvalue weighted by molar-refractivity contribution is -0.144. The quantitative estimate of drug-likeness (QED) is 0.139. The zero-order valence-corrected chi connectivity index (χ0v) is 22.0. The van der Waals surface area contributed by atoms with Gasteiger partial charge in [-0.2, -0.15) is 0 Å². The lowest BCUT2D eigenvalue weighted by Gasteiger charge is -2.46. The average molecular weight is 503 g/mol. The first-order chi connectivity index (χ1) is 17.5. The zero-order valence-electron chi connectivity index (χ0n) is 22.0. The number of halogens is 2. The van der Waals surface area contributed by atoms with Gasteiger partial charge >= 0.3 is 5.97 Å². The highest BCUT2D eigenvalue weighted by molar-refractivity contribution is 5.75. The minimum absolute atomic E-state index is 0.000488. The van der Waals surface area contributed by atoms with Gasteiger partial charge in [-0.05, 0) is 68.1 Å². The van der Waals surface area contributed by atoms with Crippen molar-refractivity contribution in [3.8, 4) is 11.5 Å². The first-order valence-corrected chi connectivity index (χ1v) is 14.4. The van der Waals surface area contributed by atoms with Crippen LogP contribution in [0, 0.1) is 47.1 Å². The van der Waals surface area contributed by atoms with Gasteiger partial charge in [0.05, 0.1) is 5.92 Å². The van der Waals surface area contributed by atoms with E-state index in [2.05, 4.69) is 13.5 Å². The van der Waals surface area contributed by atoms with Gasteiger partial charge in [0.25, 0.3) is 0 Å². The Balaban J connectivity index is 1.30. The maximum Gasteiger partial charge on any atom is 0.314 e. The van der Waals surface area contributed by atoms with Gasteiger partial charge in [-0.25, -0.2) is 8.78 Å². The Morgan fingerprint density at radius 2 is 1.69 bits per heavy atom. The van der Waals surface area contributed by atoms with Crippen LogP contribution in [0.4, 0.5) is 8.78 Å². The maximum absolute atomic E-state index is 14.3. The molecule has 4 rings (SSSR count). The summed E-state index contributed by atoms with van der Waals surface area (Å²) in [5.41, 5.74) is 0. The lowest BCUT2D eigenvalue weighted by atomic mass is 9.59. The van der Waals surface area contributed by atoms with E-state index in [-0.39, 0.29) is 24.2 Å². The number of carbonyl (C=O) groups excluding carboxylic acids is 1. The summed E-state index contributed by atoms with van der Waals surface area (Å²) < 4.78 is 39.2. The van der Waals surface area contributed by atoms with Crippen molar-refractivity contribution < 1.29 is 23.0 Å². The molecule has 0 aliphatic heterocycles.